The van der Waals surface area contributed by atoms with E-state index < -0.39 is 6.04 Å². The molecule has 1 atom stereocenters. The van der Waals surface area contributed by atoms with Crippen LogP contribution in [0.5, 0.6) is 0 Å². The summed E-state index contributed by atoms with van der Waals surface area (Å²) in [4.78, 5) is 23.7. The van der Waals surface area contributed by atoms with Gasteiger partial charge in [0.1, 0.15) is 11.8 Å². The lowest BCUT2D eigenvalue weighted by molar-refractivity contribution is 0.0934. The molecule has 3 heterocycles. The van der Waals surface area contributed by atoms with Gasteiger partial charge in [-0.25, -0.2) is 9.97 Å². The molecule has 0 saturated carbocycles. The minimum Gasteiger partial charge on any atom is -0.467 e. The SMILES string of the molecule is O=C(NC(c1ccccc1)c1ccco1)c1nc(N2CCCC2)ncc1Cl. The molecule has 1 fully saturated rings. The standard InChI is InChI=1S/C20H19ClN4O2/c21-15-13-22-20(25-10-4-5-11-25)24-18(15)19(26)23-17(16-9-6-12-27-16)14-7-2-1-3-8-14/h1-3,6-9,12-13,17H,4-5,10-11H2,(H,23,26). The molecule has 138 valence electrons. The van der Waals surface area contributed by atoms with Crippen molar-refractivity contribution in [1.82, 2.24) is 15.3 Å². The van der Waals surface area contributed by atoms with E-state index in [1.54, 1.807) is 12.3 Å². The van der Waals surface area contributed by atoms with Crippen molar-refractivity contribution >= 4 is 23.5 Å². The topological polar surface area (TPSA) is 71.3 Å². The highest BCUT2D eigenvalue weighted by Gasteiger charge is 2.24. The Labute approximate surface area is 162 Å². The molecule has 0 radical (unpaired) electrons. The second-order valence-corrected chi connectivity index (χ2v) is 6.80. The average Bonchev–Trinajstić information content (AvgIpc) is 3.41. The van der Waals surface area contributed by atoms with E-state index in [0.29, 0.717) is 11.7 Å². The number of carbonyl (C=O) groups is 1. The van der Waals surface area contributed by atoms with Crippen LogP contribution in [0.15, 0.2) is 59.3 Å². The molecular formula is C20H19ClN4O2. The quantitative estimate of drug-likeness (QED) is 0.725. The monoisotopic (exact) mass is 382 g/mol. The molecule has 1 aliphatic heterocycles. The highest BCUT2D eigenvalue weighted by atomic mass is 35.5. The predicted octanol–water partition coefficient (Wildman–Crippen LogP) is 3.84. The van der Waals surface area contributed by atoms with Gasteiger partial charge in [0.2, 0.25) is 5.95 Å². The van der Waals surface area contributed by atoms with Crippen LogP contribution in [0.4, 0.5) is 5.95 Å². The minimum absolute atomic E-state index is 0.168. The van der Waals surface area contributed by atoms with Crippen LogP contribution in [0.1, 0.15) is 40.7 Å². The number of nitrogens with one attached hydrogen (secondary N) is 1. The molecular weight excluding hydrogens is 364 g/mol. The first-order valence-electron chi connectivity index (χ1n) is 8.89. The van der Waals surface area contributed by atoms with Crippen molar-refractivity contribution in [2.75, 3.05) is 18.0 Å². The van der Waals surface area contributed by atoms with Gasteiger partial charge in [0.05, 0.1) is 17.5 Å². The van der Waals surface area contributed by atoms with Crippen molar-refractivity contribution in [2.24, 2.45) is 0 Å². The lowest BCUT2D eigenvalue weighted by atomic mass is 10.0. The Kier molecular flexibility index (Phi) is 5.07. The maximum atomic E-state index is 13.0. The van der Waals surface area contributed by atoms with Crippen LogP contribution in [0, 0.1) is 0 Å². The van der Waals surface area contributed by atoms with Gasteiger partial charge >= 0.3 is 0 Å². The summed E-state index contributed by atoms with van der Waals surface area (Å²) in [5.74, 6) is 0.809. The number of amides is 1. The zero-order valence-corrected chi connectivity index (χ0v) is 15.4. The molecule has 4 rings (SSSR count). The number of nitrogens with zero attached hydrogens (tertiary/aromatic N) is 3. The molecule has 27 heavy (non-hydrogen) atoms. The predicted molar refractivity (Wildman–Crippen MR) is 103 cm³/mol. The molecule has 1 N–H and O–H groups in total. The summed E-state index contributed by atoms with van der Waals surface area (Å²) in [5, 5.41) is 3.21. The van der Waals surface area contributed by atoms with Crippen molar-refractivity contribution in [3.8, 4) is 0 Å². The first kappa shape index (κ1) is 17.5. The Balaban J connectivity index is 1.62. The number of furan rings is 1. The van der Waals surface area contributed by atoms with E-state index in [1.807, 2.05) is 36.4 Å². The van der Waals surface area contributed by atoms with E-state index >= 15 is 0 Å². The van der Waals surface area contributed by atoms with Gasteiger partial charge in [-0.2, -0.15) is 0 Å². The molecule has 0 spiro atoms. The van der Waals surface area contributed by atoms with Gasteiger partial charge in [0, 0.05) is 13.1 Å². The number of benzene rings is 1. The fourth-order valence-electron chi connectivity index (χ4n) is 3.21. The number of hydrogen-bond acceptors (Lipinski definition) is 5. The summed E-state index contributed by atoms with van der Waals surface area (Å²) in [6.07, 6.45) is 5.27. The van der Waals surface area contributed by atoms with Gasteiger partial charge < -0.3 is 14.6 Å². The molecule has 2 aromatic heterocycles. The second kappa shape index (κ2) is 7.80. The van der Waals surface area contributed by atoms with Crippen molar-refractivity contribution in [3.63, 3.8) is 0 Å². The van der Waals surface area contributed by atoms with Crippen LogP contribution in [0.2, 0.25) is 5.02 Å². The Morgan fingerprint density at radius 2 is 1.93 bits per heavy atom. The van der Waals surface area contributed by atoms with E-state index in [2.05, 4.69) is 20.2 Å². The van der Waals surface area contributed by atoms with E-state index in [0.717, 1.165) is 31.5 Å². The smallest absolute Gasteiger partial charge is 0.272 e. The third-order valence-corrected chi connectivity index (χ3v) is 4.85. The highest BCUT2D eigenvalue weighted by molar-refractivity contribution is 6.33. The Hall–Kier alpha value is -2.86. The van der Waals surface area contributed by atoms with Crippen molar-refractivity contribution in [3.05, 3.63) is 77.0 Å². The number of anilines is 1. The van der Waals surface area contributed by atoms with E-state index in [-0.39, 0.29) is 16.6 Å². The Bertz CT molecular complexity index is 909. The van der Waals surface area contributed by atoms with Crippen molar-refractivity contribution in [2.45, 2.75) is 18.9 Å². The van der Waals surface area contributed by atoms with Crippen LogP contribution in [-0.2, 0) is 0 Å². The van der Waals surface area contributed by atoms with Crippen LogP contribution >= 0.6 is 11.6 Å². The third kappa shape index (κ3) is 3.80. The lowest BCUT2D eigenvalue weighted by Gasteiger charge is -2.19. The zero-order valence-electron chi connectivity index (χ0n) is 14.6. The van der Waals surface area contributed by atoms with E-state index in [4.69, 9.17) is 16.0 Å². The first-order chi connectivity index (χ1) is 13.2. The maximum absolute atomic E-state index is 13.0. The molecule has 0 bridgehead atoms. The zero-order chi connectivity index (χ0) is 18.6. The summed E-state index contributed by atoms with van der Waals surface area (Å²) in [6, 6.07) is 12.8. The Morgan fingerprint density at radius 1 is 1.15 bits per heavy atom. The third-order valence-electron chi connectivity index (χ3n) is 4.57. The molecule has 7 heteroatoms. The number of hydrogen-bond donors (Lipinski definition) is 1. The van der Waals surface area contributed by atoms with Crippen LogP contribution in [-0.4, -0.2) is 29.0 Å². The van der Waals surface area contributed by atoms with Gasteiger partial charge in [-0.3, -0.25) is 4.79 Å². The van der Waals surface area contributed by atoms with E-state index in [9.17, 15) is 4.79 Å². The van der Waals surface area contributed by atoms with Crippen molar-refractivity contribution < 1.29 is 9.21 Å². The molecule has 3 aromatic rings. The molecule has 1 saturated heterocycles. The number of rotatable bonds is 5. The van der Waals surface area contributed by atoms with Crippen LogP contribution in [0.3, 0.4) is 0 Å². The molecule has 1 aliphatic rings. The number of halogens is 1. The lowest BCUT2D eigenvalue weighted by Crippen LogP contribution is -2.31. The van der Waals surface area contributed by atoms with Gasteiger partial charge in [0.15, 0.2) is 5.69 Å². The summed E-state index contributed by atoms with van der Waals surface area (Å²) < 4.78 is 5.53. The Morgan fingerprint density at radius 3 is 2.63 bits per heavy atom. The fourth-order valence-corrected chi connectivity index (χ4v) is 3.38. The maximum Gasteiger partial charge on any atom is 0.272 e. The summed E-state index contributed by atoms with van der Waals surface area (Å²) in [5.41, 5.74) is 1.08. The highest BCUT2D eigenvalue weighted by Crippen LogP contribution is 2.25. The normalized spacial score (nSPS) is 14.9. The fraction of sp³-hybridized carbons (Fsp3) is 0.250. The van der Waals surface area contributed by atoms with Gasteiger partial charge in [0.25, 0.3) is 5.91 Å². The minimum atomic E-state index is -0.435. The van der Waals surface area contributed by atoms with Gasteiger partial charge in [-0.1, -0.05) is 41.9 Å². The largest absolute Gasteiger partial charge is 0.467 e. The van der Waals surface area contributed by atoms with Gasteiger partial charge in [-0.15, -0.1) is 0 Å². The number of carbonyl (C=O) groups excluding carboxylic acids is 1. The van der Waals surface area contributed by atoms with E-state index in [1.165, 1.54) is 6.20 Å². The molecule has 6 nitrogen and oxygen atoms in total. The average molecular weight is 383 g/mol. The summed E-state index contributed by atoms with van der Waals surface area (Å²) in [6.45, 7) is 1.78. The molecule has 0 aliphatic carbocycles. The van der Waals surface area contributed by atoms with Crippen molar-refractivity contribution in [1.29, 1.82) is 0 Å². The number of aromatic nitrogens is 2. The summed E-state index contributed by atoms with van der Waals surface area (Å²) in [7, 11) is 0. The van der Waals surface area contributed by atoms with Crippen LogP contribution in [0.25, 0.3) is 0 Å². The molecule has 1 aromatic carbocycles. The molecule has 1 unspecified atom stereocenters. The van der Waals surface area contributed by atoms with Crippen LogP contribution < -0.4 is 10.2 Å². The second-order valence-electron chi connectivity index (χ2n) is 6.39. The first-order valence-corrected chi connectivity index (χ1v) is 9.27. The van der Waals surface area contributed by atoms with Gasteiger partial charge in [-0.05, 0) is 30.5 Å². The molecule has 1 amide bonds. The summed E-state index contributed by atoms with van der Waals surface area (Å²) >= 11 is 6.22.